The molecule has 34 heavy (non-hydrogen) atoms. The fourth-order valence-corrected chi connectivity index (χ4v) is 4.95. The molecule has 1 unspecified atom stereocenters. The normalized spacial score (nSPS) is 15.9. The second-order valence-corrected chi connectivity index (χ2v) is 9.36. The second-order valence-electron chi connectivity index (χ2n) is 8.04. The van der Waals surface area contributed by atoms with E-state index in [-0.39, 0.29) is 34.7 Å². The van der Waals surface area contributed by atoms with Crippen molar-refractivity contribution >= 4 is 50.2 Å². The van der Waals surface area contributed by atoms with Gasteiger partial charge in [-0.15, -0.1) is 0 Å². The molecule has 1 aliphatic heterocycles. The number of aromatic nitrogens is 1. The molecule has 9 nitrogen and oxygen atoms in total. The highest BCUT2D eigenvalue weighted by Gasteiger charge is 2.27. The molecule has 4 rings (SSSR count). The SMILES string of the molecule is O=C(O)N1CCCCC1CCOc1c(-c2cccc(Br)c2)c(=O)[nH]c2cc(Cl)c([N+](=O)[O-])cc12. The largest absolute Gasteiger partial charge is 0.492 e. The number of carbonyl (C=O) groups is 1. The molecule has 0 spiro atoms. The summed E-state index contributed by atoms with van der Waals surface area (Å²) in [5.74, 6) is 0.189. The molecule has 1 fully saturated rings. The highest BCUT2D eigenvalue weighted by molar-refractivity contribution is 9.10. The Morgan fingerprint density at radius 2 is 2.12 bits per heavy atom. The topological polar surface area (TPSA) is 126 Å². The van der Waals surface area contributed by atoms with E-state index in [2.05, 4.69) is 20.9 Å². The van der Waals surface area contributed by atoms with E-state index in [9.17, 15) is 24.8 Å². The number of nitro benzene ring substituents is 1. The van der Waals surface area contributed by atoms with Crippen LogP contribution in [0.2, 0.25) is 5.02 Å². The van der Waals surface area contributed by atoms with E-state index in [1.165, 1.54) is 17.0 Å². The Morgan fingerprint density at radius 3 is 2.82 bits per heavy atom. The van der Waals surface area contributed by atoms with Crippen molar-refractivity contribution in [3.05, 3.63) is 66.4 Å². The van der Waals surface area contributed by atoms with Gasteiger partial charge in [0.05, 0.1) is 22.6 Å². The van der Waals surface area contributed by atoms with Crippen LogP contribution in [0.1, 0.15) is 25.7 Å². The number of fused-ring (bicyclic) bond motifs is 1. The fourth-order valence-electron chi connectivity index (χ4n) is 4.32. The van der Waals surface area contributed by atoms with E-state index in [0.717, 1.165) is 23.7 Å². The van der Waals surface area contributed by atoms with E-state index in [1.807, 2.05) is 6.07 Å². The number of halogens is 2. The number of piperidine rings is 1. The molecule has 178 valence electrons. The van der Waals surface area contributed by atoms with Gasteiger partial charge in [-0.2, -0.15) is 0 Å². The van der Waals surface area contributed by atoms with Gasteiger partial charge in [-0.25, -0.2) is 4.79 Å². The number of H-pyrrole nitrogens is 1. The van der Waals surface area contributed by atoms with Crippen LogP contribution in [0.15, 0.2) is 45.7 Å². The quantitative estimate of drug-likeness (QED) is 0.294. The van der Waals surface area contributed by atoms with E-state index < -0.39 is 16.6 Å². The van der Waals surface area contributed by atoms with Gasteiger partial charge in [-0.05, 0) is 43.0 Å². The lowest BCUT2D eigenvalue weighted by atomic mass is 10.00. The first kappa shape index (κ1) is 24.0. The summed E-state index contributed by atoms with van der Waals surface area (Å²) < 4.78 is 6.86. The number of rotatable bonds is 6. The third kappa shape index (κ3) is 4.88. The minimum Gasteiger partial charge on any atom is -0.492 e. The Balaban J connectivity index is 1.79. The minimum atomic E-state index is -0.966. The maximum absolute atomic E-state index is 13.1. The molecule has 1 aromatic heterocycles. The van der Waals surface area contributed by atoms with E-state index in [1.54, 1.807) is 18.2 Å². The van der Waals surface area contributed by atoms with Crippen LogP contribution in [-0.2, 0) is 0 Å². The third-order valence-electron chi connectivity index (χ3n) is 5.91. The van der Waals surface area contributed by atoms with Crippen molar-refractivity contribution in [1.82, 2.24) is 9.88 Å². The number of carboxylic acid groups (broad SMARTS) is 1. The second kappa shape index (κ2) is 10.0. The molecule has 3 aromatic rings. The molecule has 0 bridgehead atoms. The van der Waals surface area contributed by atoms with E-state index in [4.69, 9.17) is 16.3 Å². The van der Waals surface area contributed by atoms with Gasteiger partial charge in [0, 0.05) is 34.9 Å². The van der Waals surface area contributed by atoms with Crippen molar-refractivity contribution in [2.24, 2.45) is 0 Å². The summed E-state index contributed by atoms with van der Waals surface area (Å²) in [6.07, 6.45) is 1.93. The number of likely N-dealkylation sites (tertiary alicyclic amines) is 1. The first-order chi connectivity index (χ1) is 16.3. The highest BCUT2D eigenvalue weighted by Crippen LogP contribution is 2.38. The molecular formula is C23H21BrClN3O6. The van der Waals surface area contributed by atoms with Gasteiger partial charge in [0.1, 0.15) is 10.8 Å². The Labute approximate surface area is 207 Å². The summed E-state index contributed by atoms with van der Waals surface area (Å²) in [4.78, 5) is 39.7. The molecule has 1 amide bonds. The zero-order valence-electron chi connectivity index (χ0n) is 17.9. The van der Waals surface area contributed by atoms with Gasteiger partial charge in [0.2, 0.25) is 0 Å². The van der Waals surface area contributed by atoms with Gasteiger partial charge in [-0.3, -0.25) is 14.9 Å². The molecule has 2 heterocycles. The highest BCUT2D eigenvalue weighted by atomic mass is 79.9. The lowest BCUT2D eigenvalue weighted by Crippen LogP contribution is -2.43. The molecule has 1 aliphatic rings. The summed E-state index contributed by atoms with van der Waals surface area (Å²) in [5.41, 5.74) is 0.351. The molecule has 2 N–H and O–H groups in total. The van der Waals surface area contributed by atoms with Crippen LogP contribution in [-0.4, -0.2) is 45.2 Å². The third-order valence-corrected chi connectivity index (χ3v) is 6.71. The number of hydrogen-bond donors (Lipinski definition) is 2. The molecule has 11 heteroatoms. The predicted molar refractivity (Wildman–Crippen MR) is 132 cm³/mol. The van der Waals surface area contributed by atoms with Gasteiger partial charge in [0.25, 0.3) is 11.2 Å². The van der Waals surface area contributed by atoms with E-state index >= 15 is 0 Å². The minimum absolute atomic E-state index is 0.103. The summed E-state index contributed by atoms with van der Waals surface area (Å²) in [6, 6.07) is 9.50. The van der Waals surface area contributed by atoms with E-state index in [0.29, 0.717) is 29.4 Å². The average Bonchev–Trinajstić information content (AvgIpc) is 2.78. The lowest BCUT2D eigenvalue weighted by molar-refractivity contribution is -0.384. The smallest absolute Gasteiger partial charge is 0.407 e. The van der Waals surface area contributed by atoms with Crippen LogP contribution < -0.4 is 10.3 Å². The van der Waals surface area contributed by atoms with Crippen molar-refractivity contribution in [3.8, 4) is 16.9 Å². The number of amides is 1. The monoisotopic (exact) mass is 549 g/mol. The molecular weight excluding hydrogens is 530 g/mol. The summed E-state index contributed by atoms with van der Waals surface area (Å²) in [7, 11) is 0. The maximum Gasteiger partial charge on any atom is 0.407 e. The number of aromatic amines is 1. The van der Waals surface area contributed by atoms with Crippen LogP contribution in [0, 0.1) is 10.1 Å². The predicted octanol–water partition coefficient (Wildman–Crippen LogP) is 5.82. The van der Waals surface area contributed by atoms with Crippen LogP contribution in [0.4, 0.5) is 10.5 Å². The number of pyridine rings is 1. The molecule has 1 saturated heterocycles. The summed E-state index contributed by atoms with van der Waals surface area (Å²) in [5, 5.41) is 21.2. The van der Waals surface area contributed by atoms with Gasteiger partial charge in [0.15, 0.2) is 0 Å². The molecule has 2 aromatic carbocycles. The zero-order valence-corrected chi connectivity index (χ0v) is 20.3. The lowest BCUT2D eigenvalue weighted by Gasteiger charge is -2.33. The number of ether oxygens (including phenoxy) is 1. The Morgan fingerprint density at radius 1 is 1.32 bits per heavy atom. The summed E-state index contributed by atoms with van der Waals surface area (Å²) in [6.45, 7) is 0.604. The number of nitrogens with zero attached hydrogens (tertiary/aromatic N) is 2. The maximum atomic E-state index is 13.1. The first-order valence-electron chi connectivity index (χ1n) is 10.7. The molecule has 1 atom stereocenters. The Hall–Kier alpha value is -3.11. The van der Waals surface area contributed by atoms with Crippen molar-refractivity contribution in [2.45, 2.75) is 31.7 Å². The van der Waals surface area contributed by atoms with Crippen molar-refractivity contribution in [2.75, 3.05) is 13.2 Å². The number of nitrogens with one attached hydrogen (secondary N) is 1. The Kier molecular flexibility index (Phi) is 7.08. The molecule has 0 saturated carbocycles. The molecule has 0 aliphatic carbocycles. The molecule has 0 radical (unpaired) electrons. The van der Waals surface area contributed by atoms with Crippen LogP contribution >= 0.6 is 27.5 Å². The van der Waals surface area contributed by atoms with Gasteiger partial charge >= 0.3 is 6.09 Å². The van der Waals surface area contributed by atoms with Crippen molar-refractivity contribution in [3.63, 3.8) is 0 Å². The standard InChI is InChI=1S/C23H21BrClN3O6/c24-14-5-3-4-13(10-14)20-21(34-9-7-15-6-1-2-8-27(15)23(30)31)16-11-19(28(32)33)17(25)12-18(16)26-22(20)29/h3-5,10-12,15H,1-2,6-9H2,(H,26,29)(H,30,31). The first-order valence-corrected chi connectivity index (χ1v) is 11.9. The van der Waals surface area contributed by atoms with Crippen molar-refractivity contribution < 1.29 is 19.6 Å². The van der Waals surface area contributed by atoms with Crippen LogP contribution in [0.3, 0.4) is 0 Å². The zero-order chi connectivity index (χ0) is 24.4. The van der Waals surface area contributed by atoms with Gasteiger partial charge in [-0.1, -0.05) is 39.7 Å². The number of benzene rings is 2. The Bertz CT molecular complexity index is 1330. The van der Waals surface area contributed by atoms with Gasteiger partial charge < -0.3 is 19.7 Å². The summed E-state index contributed by atoms with van der Waals surface area (Å²) >= 11 is 9.46. The van der Waals surface area contributed by atoms with Crippen LogP contribution in [0.5, 0.6) is 5.75 Å². The average molecular weight is 551 g/mol. The number of nitro groups is 1. The number of hydrogen-bond acceptors (Lipinski definition) is 5. The van der Waals surface area contributed by atoms with Crippen molar-refractivity contribution in [1.29, 1.82) is 0 Å². The fraction of sp³-hybridized carbons (Fsp3) is 0.304. The van der Waals surface area contributed by atoms with Crippen LogP contribution in [0.25, 0.3) is 22.0 Å².